The van der Waals surface area contributed by atoms with E-state index >= 15 is 0 Å². The van der Waals surface area contributed by atoms with Gasteiger partial charge in [0.2, 0.25) is 0 Å². The minimum atomic E-state index is 0.190. The molecule has 168 valence electrons. The normalized spacial score (nSPS) is 17.3. The molecule has 2 aromatic rings. The molecule has 33 heavy (non-hydrogen) atoms. The Hall–Kier alpha value is -3.42. The van der Waals surface area contributed by atoms with Gasteiger partial charge in [-0.15, -0.1) is 6.58 Å². The average molecular weight is 435 g/mol. The van der Waals surface area contributed by atoms with Gasteiger partial charge >= 0.3 is 0 Å². The lowest BCUT2D eigenvalue weighted by molar-refractivity contribution is -0.852. The fraction of sp³-hybridized carbons (Fsp3) is 0.188. The minimum absolute atomic E-state index is 0.190. The van der Waals surface area contributed by atoms with Crippen molar-refractivity contribution in [1.29, 1.82) is 0 Å². The van der Waals surface area contributed by atoms with Crippen LogP contribution in [0.4, 0.5) is 0 Å². The molecular weight excluding hydrogens is 398 g/mol. The smallest absolute Gasteiger partial charge is 0.138 e. The Morgan fingerprint density at radius 1 is 1.09 bits per heavy atom. The van der Waals surface area contributed by atoms with Crippen LogP contribution < -0.4 is 0 Å². The van der Waals surface area contributed by atoms with Crippen LogP contribution >= 0.6 is 0 Å². The molecule has 0 radical (unpaired) electrons. The van der Waals surface area contributed by atoms with E-state index in [0.29, 0.717) is 4.48 Å². The topological polar surface area (TPSA) is 0 Å². The van der Waals surface area contributed by atoms with Crippen molar-refractivity contribution in [1.82, 2.24) is 0 Å². The minimum Gasteiger partial charge on any atom is -0.292 e. The summed E-state index contributed by atoms with van der Waals surface area (Å²) >= 11 is 0. The second kappa shape index (κ2) is 10.0. The van der Waals surface area contributed by atoms with Gasteiger partial charge in [0.05, 0.1) is 14.1 Å². The first-order valence-corrected chi connectivity index (χ1v) is 11.4. The highest BCUT2D eigenvalue weighted by Crippen LogP contribution is 2.38. The number of allylic oxidation sites excluding steroid dienone is 5. The molecule has 3 rings (SSSR count). The zero-order valence-electron chi connectivity index (χ0n) is 20.6. The molecule has 0 saturated heterocycles. The van der Waals surface area contributed by atoms with E-state index < -0.39 is 0 Å². The van der Waals surface area contributed by atoms with Crippen molar-refractivity contribution in [3.05, 3.63) is 133 Å². The molecule has 1 aliphatic heterocycles. The molecular formula is C32H36N+. The lowest BCUT2D eigenvalue weighted by atomic mass is 9.86. The molecule has 1 aliphatic rings. The summed E-state index contributed by atoms with van der Waals surface area (Å²) in [5.41, 5.74) is 10.9. The number of aryl methyl sites for hydroxylation is 1. The number of likely N-dealkylation sites (N-methyl/N-ethyl adjacent to an activating group) is 1. The summed E-state index contributed by atoms with van der Waals surface area (Å²) in [5.74, 6) is 0. The number of rotatable bonds is 8. The first-order chi connectivity index (χ1) is 15.7. The van der Waals surface area contributed by atoms with Gasteiger partial charge in [-0.2, -0.15) is 0 Å². The maximum atomic E-state index is 4.20. The van der Waals surface area contributed by atoms with E-state index in [9.17, 15) is 0 Å². The van der Waals surface area contributed by atoms with Crippen molar-refractivity contribution in [2.45, 2.75) is 26.3 Å². The summed E-state index contributed by atoms with van der Waals surface area (Å²) in [5, 5.41) is 0. The molecule has 1 unspecified atom stereocenters. The maximum absolute atomic E-state index is 4.20. The highest BCUT2D eigenvalue weighted by Gasteiger charge is 2.32. The first-order valence-electron chi connectivity index (χ1n) is 11.4. The predicted octanol–water partition coefficient (Wildman–Crippen LogP) is 8.08. The van der Waals surface area contributed by atoms with Crippen LogP contribution in [0.2, 0.25) is 0 Å². The van der Waals surface area contributed by atoms with E-state index in [4.69, 9.17) is 0 Å². The van der Waals surface area contributed by atoms with Gasteiger partial charge in [0, 0.05) is 11.1 Å². The fourth-order valence-corrected chi connectivity index (χ4v) is 4.68. The number of benzene rings is 2. The van der Waals surface area contributed by atoms with Gasteiger partial charge in [0.25, 0.3) is 0 Å². The van der Waals surface area contributed by atoms with Gasteiger partial charge in [-0.25, -0.2) is 0 Å². The maximum Gasteiger partial charge on any atom is 0.138 e. The van der Waals surface area contributed by atoms with Crippen LogP contribution in [0.15, 0.2) is 110 Å². The molecule has 0 aliphatic carbocycles. The number of quaternary nitrogens is 1. The van der Waals surface area contributed by atoms with Crippen LogP contribution in [0.3, 0.4) is 0 Å². The van der Waals surface area contributed by atoms with Gasteiger partial charge in [-0.1, -0.05) is 80.4 Å². The van der Waals surface area contributed by atoms with Crippen molar-refractivity contribution in [2.24, 2.45) is 0 Å². The zero-order chi connectivity index (χ0) is 24.2. The SMILES string of the molecule is C=CC=C(C(=C)C)C1C=CC(c2cccc(C=C)c2-c2ccc(CC=C)c(C)c2)=C[N+]1(C)C. The quantitative estimate of drug-likeness (QED) is 0.224. The largest absolute Gasteiger partial charge is 0.292 e. The summed E-state index contributed by atoms with van der Waals surface area (Å²) in [6.07, 6.45) is 15.6. The Balaban J connectivity index is 2.15. The van der Waals surface area contributed by atoms with Crippen molar-refractivity contribution in [2.75, 3.05) is 14.1 Å². The van der Waals surface area contributed by atoms with Crippen molar-refractivity contribution < 1.29 is 4.48 Å². The monoisotopic (exact) mass is 434 g/mol. The molecule has 0 N–H and O–H groups in total. The van der Waals surface area contributed by atoms with Gasteiger partial charge < -0.3 is 0 Å². The van der Waals surface area contributed by atoms with Crippen LogP contribution in [-0.4, -0.2) is 24.6 Å². The van der Waals surface area contributed by atoms with Crippen LogP contribution in [0, 0.1) is 6.92 Å². The zero-order valence-corrected chi connectivity index (χ0v) is 20.6. The van der Waals surface area contributed by atoms with E-state index in [-0.39, 0.29) is 6.04 Å². The van der Waals surface area contributed by atoms with E-state index in [1.807, 2.05) is 18.2 Å². The molecule has 0 aromatic heterocycles. The number of nitrogens with zero attached hydrogens (tertiary/aromatic N) is 1. The van der Waals surface area contributed by atoms with Crippen molar-refractivity contribution >= 4 is 11.6 Å². The average Bonchev–Trinajstić information content (AvgIpc) is 2.78. The van der Waals surface area contributed by atoms with Gasteiger partial charge in [-0.3, -0.25) is 4.48 Å². The van der Waals surface area contributed by atoms with Crippen molar-refractivity contribution in [3.63, 3.8) is 0 Å². The molecule has 0 fully saturated rings. The molecule has 0 spiro atoms. The van der Waals surface area contributed by atoms with E-state index in [0.717, 1.165) is 17.6 Å². The Bertz CT molecular complexity index is 1200. The Morgan fingerprint density at radius 3 is 2.42 bits per heavy atom. The molecule has 1 atom stereocenters. The van der Waals surface area contributed by atoms with E-state index in [1.165, 1.54) is 39.0 Å². The highest BCUT2D eigenvalue weighted by atomic mass is 15.3. The lowest BCUT2D eigenvalue weighted by Gasteiger charge is -2.37. The summed E-state index contributed by atoms with van der Waals surface area (Å²) in [6, 6.07) is 13.4. The van der Waals surface area contributed by atoms with Crippen LogP contribution in [0.1, 0.15) is 29.2 Å². The molecule has 0 saturated carbocycles. The predicted molar refractivity (Wildman–Crippen MR) is 147 cm³/mol. The third-order valence-electron chi connectivity index (χ3n) is 6.38. The molecule has 0 bridgehead atoms. The van der Waals surface area contributed by atoms with Crippen LogP contribution in [-0.2, 0) is 6.42 Å². The molecule has 1 nitrogen and oxygen atoms in total. The molecule has 0 amide bonds. The second-order valence-electron chi connectivity index (χ2n) is 9.26. The van der Waals surface area contributed by atoms with Crippen LogP contribution in [0.25, 0.3) is 22.8 Å². The molecule has 2 aromatic carbocycles. The Kier molecular flexibility index (Phi) is 7.36. The highest BCUT2D eigenvalue weighted by molar-refractivity contribution is 5.90. The Labute approximate surface area is 200 Å². The first kappa shape index (κ1) is 24.2. The standard InChI is InChI=1S/C32H36N/c1-9-13-26-17-18-27(21-24(26)6)32-25(11-3)15-12-16-30(32)28-19-20-31(33(7,8)22-28)29(14-10-2)23(4)5/h9-12,14-22,31H,1-4,13H2,5-8H3/q+1. The fourth-order valence-electron chi connectivity index (χ4n) is 4.68. The number of hydrogen-bond donors (Lipinski definition) is 0. The lowest BCUT2D eigenvalue weighted by Crippen LogP contribution is -2.45. The van der Waals surface area contributed by atoms with Crippen LogP contribution in [0.5, 0.6) is 0 Å². The van der Waals surface area contributed by atoms with E-state index in [1.54, 1.807) is 0 Å². The Morgan fingerprint density at radius 2 is 1.85 bits per heavy atom. The summed E-state index contributed by atoms with van der Waals surface area (Å²) < 4.78 is 0.702. The van der Waals surface area contributed by atoms with Gasteiger partial charge in [-0.05, 0) is 71.4 Å². The third kappa shape index (κ3) is 4.99. The summed E-state index contributed by atoms with van der Waals surface area (Å²) in [6.45, 7) is 20.3. The summed E-state index contributed by atoms with van der Waals surface area (Å²) in [4.78, 5) is 0. The van der Waals surface area contributed by atoms with Gasteiger partial charge in [0.15, 0.2) is 0 Å². The van der Waals surface area contributed by atoms with Gasteiger partial charge in [0.1, 0.15) is 12.2 Å². The molecule has 1 heteroatoms. The van der Waals surface area contributed by atoms with Crippen molar-refractivity contribution in [3.8, 4) is 11.1 Å². The second-order valence-corrected chi connectivity index (χ2v) is 9.26. The summed E-state index contributed by atoms with van der Waals surface area (Å²) in [7, 11) is 4.47. The van der Waals surface area contributed by atoms with E-state index in [2.05, 4.69) is 115 Å². The number of hydrogen-bond acceptors (Lipinski definition) is 0. The molecule has 1 heterocycles. The third-order valence-corrected chi connectivity index (χ3v) is 6.38.